The third kappa shape index (κ3) is 14.3. The number of aryl methyl sites for hydroxylation is 2. The molecule has 8 aromatic carbocycles. The van der Waals surface area contributed by atoms with Gasteiger partial charge in [0.15, 0.2) is 0 Å². The molecule has 2 saturated heterocycles. The van der Waals surface area contributed by atoms with E-state index in [1.165, 1.54) is 21.5 Å². The van der Waals surface area contributed by atoms with Crippen LogP contribution in [0, 0.1) is 19.8 Å². The van der Waals surface area contributed by atoms with Crippen LogP contribution in [0.25, 0.3) is 11.1 Å². The van der Waals surface area contributed by atoms with E-state index in [0.29, 0.717) is 11.3 Å². The van der Waals surface area contributed by atoms with Gasteiger partial charge in [0.2, 0.25) is 0 Å². The molecule has 7 atom stereocenters. The molecule has 13 rings (SSSR count). The number of esters is 1. The number of fused-ring (bicyclic) bond motifs is 3. The standard InChI is InChI=1S/C77H73N4O16P/c1-52-43-78(75(85)80(72(52)82)50-89-45-54-23-9-4-10-24-54)70-41-65(74(84)91-47-66-63-35-21-19-33-61(63)62-34-20-22-36-64(62)66)68(94-70)49-93-98(87,96-60-31-17-8-18-32-60)97-67-42-71(79-44-53(2)73(83)81(76(79)86)51-90-46-55-25-11-5-12-26-55)95-69(67)48-92-77(56-27-13-6-14-28-56,57-29-15-7-16-30-57)58-37-39-59(88-3)40-38-58/h4-40,43-44,65-71H,41-42,45-51H2,1-3H3/t65-,67-,68+,69+,70+,71+,98?/m0/s1. The normalized spacial score (nSPS) is 18.8. The van der Waals surface area contributed by atoms with Crippen LogP contribution in [0.5, 0.6) is 11.5 Å². The summed E-state index contributed by atoms with van der Waals surface area (Å²) in [6.07, 6.45) is -3.73. The van der Waals surface area contributed by atoms with Gasteiger partial charge in [-0.1, -0.05) is 200 Å². The van der Waals surface area contributed by atoms with Gasteiger partial charge >= 0.3 is 25.2 Å². The van der Waals surface area contributed by atoms with E-state index in [2.05, 4.69) is 0 Å². The van der Waals surface area contributed by atoms with E-state index >= 15 is 9.36 Å². The van der Waals surface area contributed by atoms with E-state index in [1.54, 1.807) is 51.3 Å². The fourth-order valence-corrected chi connectivity index (χ4v) is 14.5. The molecule has 1 unspecified atom stereocenters. The first-order chi connectivity index (χ1) is 47.8. The van der Waals surface area contributed by atoms with Crippen molar-refractivity contribution in [3.63, 3.8) is 0 Å². The minimum atomic E-state index is -5.03. The Bertz CT molecular complexity index is 4620. The molecule has 2 aliphatic heterocycles. The quantitative estimate of drug-likeness (QED) is 0.0266. The number of rotatable bonds is 27. The van der Waals surface area contributed by atoms with Crippen LogP contribution in [-0.2, 0) is 79.1 Å². The average molecular weight is 1340 g/mol. The Balaban J connectivity index is 0.852. The fraction of sp³-hybridized carbons (Fsp3) is 0.260. The molecule has 502 valence electrons. The van der Waals surface area contributed by atoms with Crippen LogP contribution in [0.4, 0.5) is 0 Å². The Hall–Kier alpha value is -9.86. The van der Waals surface area contributed by atoms with Gasteiger partial charge in [0.05, 0.1) is 45.6 Å². The summed E-state index contributed by atoms with van der Waals surface area (Å²) in [5.41, 5.74) is 4.26. The predicted octanol–water partition coefficient (Wildman–Crippen LogP) is 12.2. The Labute approximate surface area is 565 Å². The SMILES string of the molecule is COc1ccc(C(OC[C@H]2O[C@@H](n3cc(C)c(=O)n(COCc4ccccc4)c3=O)C[C@@H]2OP(=O)(OC[C@H]2O[C@@H](n3cc(C)c(=O)n(COCc4ccccc4)c3=O)C[C@@H]2C(=O)OCC2c3ccccc3-c3ccccc32)Oc2ccccc2)(c2ccccc2)c2ccccc2)cc1. The molecule has 0 radical (unpaired) electrons. The Morgan fingerprint density at radius 3 is 1.50 bits per heavy atom. The number of carbonyl (C=O) groups is 1. The van der Waals surface area contributed by atoms with Gasteiger partial charge in [0.25, 0.3) is 11.1 Å². The predicted molar refractivity (Wildman–Crippen MR) is 364 cm³/mol. The number of benzene rings is 8. The summed E-state index contributed by atoms with van der Waals surface area (Å²) in [7, 11) is -3.44. The maximum Gasteiger partial charge on any atom is 0.530 e. The molecule has 1 aliphatic carbocycles. The summed E-state index contributed by atoms with van der Waals surface area (Å²) in [6.45, 7) is 1.61. The zero-order valence-corrected chi connectivity index (χ0v) is 55.1. The first-order valence-electron chi connectivity index (χ1n) is 32.4. The Morgan fingerprint density at radius 1 is 0.520 bits per heavy atom. The molecule has 98 heavy (non-hydrogen) atoms. The number of hydrogen-bond donors (Lipinski definition) is 0. The van der Waals surface area contributed by atoms with E-state index in [1.807, 2.05) is 194 Å². The van der Waals surface area contributed by atoms with Crippen molar-refractivity contribution in [2.24, 2.45) is 5.92 Å². The summed E-state index contributed by atoms with van der Waals surface area (Å²) >= 11 is 0. The highest BCUT2D eigenvalue weighted by Gasteiger charge is 2.49. The summed E-state index contributed by atoms with van der Waals surface area (Å²) in [4.78, 5) is 72.0. The molecular formula is C77H73N4O16P. The second-order valence-electron chi connectivity index (χ2n) is 24.3. The van der Waals surface area contributed by atoms with Crippen LogP contribution in [0.2, 0.25) is 0 Å². The van der Waals surface area contributed by atoms with E-state index < -0.39 is 85.2 Å². The van der Waals surface area contributed by atoms with Gasteiger partial charge in [-0.25, -0.2) is 23.3 Å². The van der Waals surface area contributed by atoms with E-state index in [-0.39, 0.29) is 75.5 Å². The number of carbonyl (C=O) groups excluding carboxylic acids is 1. The molecule has 20 nitrogen and oxygen atoms in total. The van der Waals surface area contributed by atoms with Crippen molar-refractivity contribution in [2.75, 3.05) is 26.9 Å². The van der Waals surface area contributed by atoms with Crippen molar-refractivity contribution in [2.45, 2.75) is 95.7 Å². The number of phosphoric ester groups is 1. The second-order valence-corrected chi connectivity index (χ2v) is 25.9. The van der Waals surface area contributed by atoms with Gasteiger partial charge in [-0.15, -0.1) is 0 Å². The maximum absolute atomic E-state index is 16.2. The second kappa shape index (κ2) is 29.9. The van der Waals surface area contributed by atoms with Gasteiger partial charge in [-0.3, -0.25) is 32.6 Å². The summed E-state index contributed by atoms with van der Waals surface area (Å²) < 4.78 is 85.2. The lowest BCUT2D eigenvalue weighted by Crippen LogP contribution is -2.42. The molecule has 3 aliphatic rings. The van der Waals surface area contributed by atoms with Gasteiger partial charge in [-0.2, -0.15) is 0 Å². The lowest BCUT2D eigenvalue weighted by Gasteiger charge is -2.37. The van der Waals surface area contributed by atoms with Gasteiger partial charge in [-0.05, 0) is 88.2 Å². The largest absolute Gasteiger partial charge is 0.530 e. The van der Waals surface area contributed by atoms with Crippen LogP contribution in [-0.4, -0.2) is 69.5 Å². The number of phosphoric acid groups is 1. The minimum Gasteiger partial charge on any atom is -0.497 e. The van der Waals surface area contributed by atoms with Crippen LogP contribution >= 0.6 is 7.82 Å². The smallest absolute Gasteiger partial charge is 0.497 e. The van der Waals surface area contributed by atoms with Crippen molar-refractivity contribution < 1.29 is 56.1 Å². The topological polar surface area (TPSA) is 214 Å². The van der Waals surface area contributed by atoms with Crippen molar-refractivity contribution in [1.29, 1.82) is 0 Å². The van der Waals surface area contributed by atoms with E-state index in [0.717, 1.165) is 53.6 Å². The van der Waals surface area contributed by atoms with Gasteiger partial charge in [0.1, 0.15) is 61.8 Å². The first-order valence-corrected chi connectivity index (χ1v) is 33.8. The zero-order valence-electron chi connectivity index (χ0n) is 54.2. The maximum atomic E-state index is 16.2. The number of nitrogens with zero attached hydrogens (tertiary/aromatic N) is 4. The number of hydrogen-bond acceptors (Lipinski definition) is 16. The lowest BCUT2D eigenvalue weighted by atomic mass is 9.80. The van der Waals surface area contributed by atoms with Gasteiger partial charge in [0, 0.05) is 42.3 Å². The first kappa shape index (κ1) is 66.7. The fourth-order valence-electron chi connectivity index (χ4n) is 13.1. The molecule has 10 aromatic rings. The molecule has 4 heterocycles. The van der Waals surface area contributed by atoms with Crippen molar-refractivity contribution in [3.05, 3.63) is 329 Å². The summed E-state index contributed by atoms with van der Waals surface area (Å²) in [5, 5.41) is 0. The average Bonchev–Trinajstić information content (AvgIpc) is 1.18. The third-order valence-electron chi connectivity index (χ3n) is 18.0. The minimum absolute atomic E-state index is 0.0511. The van der Waals surface area contributed by atoms with Crippen LogP contribution < -0.4 is 31.8 Å². The Kier molecular flexibility index (Phi) is 20.3. The highest BCUT2D eigenvalue weighted by atomic mass is 31.2. The third-order valence-corrected chi connectivity index (χ3v) is 19.5. The molecule has 0 spiro atoms. The summed E-state index contributed by atoms with van der Waals surface area (Å²) in [6, 6.07) is 69.5. The van der Waals surface area contributed by atoms with Crippen LogP contribution in [0.1, 0.15) is 81.3 Å². The van der Waals surface area contributed by atoms with Gasteiger partial charge < -0.3 is 37.7 Å². The molecule has 0 N–H and O–H groups in total. The van der Waals surface area contributed by atoms with Crippen molar-refractivity contribution in [1.82, 2.24) is 18.3 Å². The number of para-hydroxylation sites is 1. The Morgan fingerprint density at radius 2 is 0.980 bits per heavy atom. The van der Waals surface area contributed by atoms with E-state index in [9.17, 15) is 19.2 Å². The highest BCUT2D eigenvalue weighted by Crippen LogP contribution is 2.55. The molecule has 0 amide bonds. The summed E-state index contributed by atoms with van der Waals surface area (Å²) in [5.74, 6) is -1.49. The van der Waals surface area contributed by atoms with Crippen LogP contribution in [0.15, 0.2) is 256 Å². The molecular weight excluding hydrogens is 1270 g/mol. The van der Waals surface area contributed by atoms with Crippen LogP contribution in [0.3, 0.4) is 0 Å². The number of methoxy groups -OCH3 is 1. The molecule has 2 aromatic heterocycles. The van der Waals surface area contributed by atoms with Crippen molar-refractivity contribution >= 4 is 13.8 Å². The lowest BCUT2D eigenvalue weighted by molar-refractivity contribution is -0.151. The molecule has 2 fully saturated rings. The monoisotopic (exact) mass is 1340 g/mol. The van der Waals surface area contributed by atoms with Crippen molar-refractivity contribution in [3.8, 4) is 22.6 Å². The molecule has 21 heteroatoms. The highest BCUT2D eigenvalue weighted by molar-refractivity contribution is 7.49. The molecule has 0 saturated carbocycles. The van der Waals surface area contributed by atoms with E-state index in [4.69, 9.17) is 46.7 Å². The number of ether oxygens (including phenoxy) is 7. The molecule has 0 bridgehead atoms. The number of aromatic nitrogens is 4. The zero-order chi connectivity index (χ0) is 67.8.